The van der Waals surface area contributed by atoms with Gasteiger partial charge in [-0.2, -0.15) is 0 Å². The first-order valence-electron chi connectivity index (χ1n) is 7.64. The molecular formula is C20H20N2. The number of benzene rings is 4. The lowest BCUT2D eigenvalue weighted by atomic mass is 9.84. The second-order valence-electron chi connectivity index (χ2n) is 6.44. The van der Waals surface area contributed by atoms with Crippen molar-refractivity contribution in [3.8, 4) is 0 Å². The van der Waals surface area contributed by atoms with Gasteiger partial charge in [-0.15, -0.1) is 0 Å². The van der Waals surface area contributed by atoms with Crippen LogP contribution in [0.1, 0.15) is 22.3 Å². The van der Waals surface area contributed by atoms with E-state index in [0.29, 0.717) is 0 Å². The van der Waals surface area contributed by atoms with Gasteiger partial charge in [0.2, 0.25) is 0 Å². The summed E-state index contributed by atoms with van der Waals surface area (Å²) in [5.41, 5.74) is 19.2. The summed E-state index contributed by atoms with van der Waals surface area (Å²) in [5.74, 6) is 0. The van der Waals surface area contributed by atoms with E-state index in [0.717, 1.165) is 11.4 Å². The van der Waals surface area contributed by atoms with Crippen LogP contribution in [-0.2, 0) is 0 Å². The lowest BCUT2D eigenvalue weighted by molar-refractivity contribution is 1.38. The lowest BCUT2D eigenvalue weighted by Gasteiger charge is -2.21. The van der Waals surface area contributed by atoms with Crippen molar-refractivity contribution in [3.05, 3.63) is 46.5 Å². The third-order valence-electron chi connectivity index (χ3n) is 5.32. The molecular weight excluding hydrogens is 268 g/mol. The van der Waals surface area contributed by atoms with Crippen molar-refractivity contribution in [3.63, 3.8) is 0 Å². The molecule has 0 fully saturated rings. The Morgan fingerprint density at radius 1 is 0.636 bits per heavy atom. The van der Waals surface area contributed by atoms with E-state index in [-0.39, 0.29) is 0 Å². The number of aryl methyl sites for hydroxylation is 4. The summed E-state index contributed by atoms with van der Waals surface area (Å²) in [6.07, 6.45) is 0. The molecule has 0 spiro atoms. The summed E-state index contributed by atoms with van der Waals surface area (Å²) in [7, 11) is 0. The van der Waals surface area contributed by atoms with Gasteiger partial charge in [-0.3, -0.25) is 0 Å². The fraction of sp³-hybridized carbons (Fsp3) is 0.200. The number of nitrogens with two attached hydrogens (primary N) is 2. The van der Waals surface area contributed by atoms with E-state index in [1.165, 1.54) is 54.6 Å². The Kier molecular flexibility index (Phi) is 2.42. The van der Waals surface area contributed by atoms with Crippen LogP contribution in [0.15, 0.2) is 24.3 Å². The molecule has 0 atom stereocenters. The second-order valence-corrected chi connectivity index (χ2v) is 6.44. The number of rotatable bonds is 0. The predicted molar refractivity (Wildman–Crippen MR) is 97.9 cm³/mol. The molecule has 4 aromatic carbocycles. The molecule has 0 unspecified atom stereocenters. The first kappa shape index (κ1) is 13.2. The van der Waals surface area contributed by atoms with E-state index < -0.39 is 0 Å². The van der Waals surface area contributed by atoms with Gasteiger partial charge >= 0.3 is 0 Å². The molecule has 0 aliphatic heterocycles. The molecule has 0 saturated carbocycles. The van der Waals surface area contributed by atoms with Crippen LogP contribution in [-0.4, -0.2) is 0 Å². The van der Waals surface area contributed by atoms with Crippen LogP contribution in [0.25, 0.3) is 32.3 Å². The summed E-state index contributed by atoms with van der Waals surface area (Å²) in [6, 6.07) is 8.52. The van der Waals surface area contributed by atoms with Crippen LogP contribution < -0.4 is 11.5 Å². The summed E-state index contributed by atoms with van der Waals surface area (Å²) in [5, 5.41) is 7.67. The average Bonchev–Trinajstić information content (AvgIpc) is 2.49. The van der Waals surface area contributed by atoms with Crippen molar-refractivity contribution in [2.45, 2.75) is 27.7 Å². The molecule has 0 heterocycles. The fourth-order valence-corrected chi connectivity index (χ4v) is 3.96. The molecule has 0 saturated heterocycles. The van der Waals surface area contributed by atoms with E-state index in [1.807, 2.05) is 0 Å². The SMILES string of the molecule is Cc1c(C)c2c(C)c(N)c(C)c3ccc4cc(N)cc1c4c32. The Morgan fingerprint density at radius 3 is 2.09 bits per heavy atom. The van der Waals surface area contributed by atoms with Gasteiger partial charge in [0, 0.05) is 11.4 Å². The van der Waals surface area contributed by atoms with Gasteiger partial charge in [0.15, 0.2) is 0 Å². The fourth-order valence-electron chi connectivity index (χ4n) is 3.96. The van der Waals surface area contributed by atoms with Gasteiger partial charge in [0.1, 0.15) is 0 Å². The number of hydrogen-bond donors (Lipinski definition) is 2. The standard InChI is InChI=1S/C20H20N2/c1-9-10(2)17-12(4)20(22)11(3)15-6-5-13-7-14(21)8-16(9)18(13)19(15)17/h5-8H,21-22H2,1-4H3. The maximum atomic E-state index is 6.38. The molecule has 0 amide bonds. The largest absolute Gasteiger partial charge is 0.399 e. The molecule has 22 heavy (non-hydrogen) atoms. The summed E-state index contributed by atoms with van der Waals surface area (Å²) in [6.45, 7) is 8.62. The topological polar surface area (TPSA) is 52.0 Å². The Bertz CT molecular complexity index is 1070. The number of hydrogen-bond acceptors (Lipinski definition) is 2. The molecule has 4 rings (SSSR count). The van der Waals surface area contributed by atoms with Crippen LogP contribution >= 0.6 is 0 Å². The molecule has 0 bridgehead atoms. The van der Waals surface area contributed by atoms with Gasteiger partial charge in [-0.05, 0) is 94.4 Å². The Hall–Kier alpha value is -2.48. The van der Waals surface area contributed by atoms with Crippen molar-refractivity contribution >= 4 is 43.7 Å². The van der Waals surface area contributed by atoms with E-state index in [1.54, 1.807) is 0 Å². The van der Waals surface area contributed by atoms with Crippen LogP contribution in [0.3, 0.4) is 0 Å². The van der Waals surface area contributed by atoms with E-state index in [4.69, 9.17) is 11.5 Å². The molecule has 4 aromatic rings. The van der Waals surface area contributed by atoms with Crippen molar-refractivity contribution in [1.82, 2.24) is 0 Å². The second kappa shape index (κ2) is 4.04. The number of nitrogen functional groups attached to an aromatic ring is 2. The highest BCUT2D eigenvalue weighted by Gasteiger charge is 2.18. The maximum absolute atomic E-state index is 6.38. The first-order valence-corrected chi connectivity index (χ1v) is 7.64. The molecule has 0 aromatic heterocycles. The Morgan fingerprint density at radius 2 is 1.36 bits per heavy atom. The third-order valence-corrected chi connectivity index (χ3v) is 5.32. The quantitative estimate of drug-likeness (QED) is 0.354. The Balaban J connectivity index is 2.51. The molecule has 0 radical (unpaired) electrons. The normalized spacial score (nSPS) is 12.0. The maximum Gasteiger partial charge on any atom is 0.0386 e. The highest BCUT2D eigenvalue weighted by atomic mass is 14.6. The van der Waals surface area contributed by atoms with Crippen LogP contribution in [0, 0.1) is 27.7 Å². The first-order chi connectivity index (χ1) is 10.4. The minimum atomic E-state index is 0.821. The summed E-state index contributed by atoms with van der Waals surface area (Å²) in [4.78, 5) is 0. The van der Waals surface area contributed by atoms with E-state index >= 15 is 0 Å². The van der Waals surface area contributed by atoms with Crippen LogP contribution in [0.5, 0.6) is 0 Å². The molecule has 2 nitrogen and oxygen atoms in total. The number of anilines is 2. The smallest absolute Gasteiger partial charge is 0.0386 e. The molecule has 4 N–H and O–H groups in total. The minimum absolute atomic E-state index is 0.821. The zero-order chi connectivity index (χ0) is 15.8. The molecule has 0 aliphatic carbocycles. The van der Waals surface area contributed by atoms with Crippen molar-refractivity contribution in [2.24, 2.45) is 0 Å². The highest BCUT2D eigenvalue weighted by Crippen LogP contribution is 2.44. The molecule has 110 valence electrons. The van der Waals surface area contributed by atoms with Crippen LogP contribution in [0.2, 0.25) is 0 Å². The highest BCUT2D eigenvalue weighted by molar-refractivity contribution is 6.27. The van der Waals surface area contributed by atoms with Crippen molar-refractivity contribution in [1.29, 1.82) is 0 Å². The van der Waals surface area contributed by atoms with E-state index in [2.05, 4.69) is 52.0 Å². The monoisotopic (exact) mass is 288 g/mol. The zero-order valence-corrected chi connectivity index (χ0v) is 13.5. The molecule has 2 heteroatoms. The van der Waals surface area contributed by atoms with Crippen molar-refractivity contribution < 1.29 is 0 Å². The average molecular weight is 288 g/mol. The van der Waals surface area contributed by atoms with Crippen molar-refractivity contribution in [2.75, 3.05) is 11.5 Å². The van der Waals surface area contributed by atoms with Gasteiger partial charge in [-0.25, -0.2) is 0 Å². The van der Waals surface area contributed by atoms with Gasteiger partial charge in [-0.1, -0.05) is 12.1 Å². The van der Waals surface area contributed by atoms with Gasteiger partial charge in [0.05, 0.1) is 0 Å². The van der Waals surface area contributed by atoms with E-state index in [9.17, 15) is 0 Å². The van der Waals surface area contributed by atoms with Gasteiger partial charge < -0.3 is 11.5 Å². The lowest BCUT2D eigenvalue weighted by Crippen LogP contribution is -2.01. The Labute approximate surface area is 130 Å². The van der Waals surface area contributed by atoms with Crippen LogP contribution in [0.4, 0.5) is 11.4 Å². The zero-order valence-electron chi connectivity index (χ0n) is 13.5. The molecule has 0 aliphatic rings. The third kappa shape index (κ3) is 1.40. The predicted octanol–water partition coefficient (Wildman–Crippen LogP) is 4.98. The minimum Gasteiger partial charge on any atom is -0.399 e. The summed E-state index contributed by atoms with van der Waals surface area (Å²) >= 11 is 0. The summed E-state index contributed by atoms with van der Waals surface area (Å²) < 4.78 is 0. The van der Waals surface area contributed by atoms with Gasteiger partial charge in [0.25, 0.3) is 0 Å².